The Kier molecular flexibility index (Phi) is 11.2. The van der Waals surface area contributed by atoms with Gasteiger partial charge in [-0.05, 0) is 77.9 Å². The summed E-state index contributed by atoms with van der Waals surface area (Å²) in [7, 11) is 0. The van der Waals surface area contributed by atoms with Crippen molar-refractivity contribution < 1.29 is 4.84 Å². The third-order valence-electron chi connectivity index (χ3n) is 7.44. The number of hydrogen-bond donors (Lipinski definition) is 0. The van der Waals surface area contributed by atoms with E-state index in [1.807, 2.05) is 24.3 Å². The number of nitrogens with zero attached hydrogens (tertiary/aromatic N) is 3. The lowest BCUT2D eigenvalue weighted by Gasteiger charge is -2.37. The molecule has 2 atom stereocenters. The van der Waals surface area contributed by atoms with Crippen molar-refractivity contribution in [1.82, 2.24) is 4.90 Å². The number of oxime groups is 1. The number of hydrogen-bond acceptors (Lipinski definition) is 4. The number of aryl methyl sites for hydroxylation is 2. The van der Waals surface area contributed by atoms with Gasteiger partial charge in [0, 0.05) is 27.9 Å². The Hall–Kier alpha value is -2.58. The van der Waals surface area contributed by atoms with E-state index in [1.165, 1.54) is 15.3 Å². The van der Waals surface area contributed by atoms with E-state index in [-0.39, 0.29) is 5.41 Å². The lowest BCUT2D eigenvalue weighted by Crippen LogP contribution is -2.37. The smallest absolute Gasteiger partial charge is 0.138 e. The van der Waals surface area contributed by atoms with Crippen LogP contribution >= 0.6 is 11.3 Å². The number of rotatable bonds is 12. The van der Waals surface area contributed by atoms with E-state index < -0.39 is 0 Å². The SMILES string of the molecule is C#Cc1c(C)sc2c1[C@@](CC)(C(=C)O/N=C(C)/C(=C/C=C)N=C(C)N(CCCC)[C@@H](C)CC)CCC2. The molecule has 0 saturated heterocycles. The summed E-state index contributed by atoms with van der Waals surface area (Å²) in [6.07, 6.45) is 16.9. The van der Waals surface area contributed by atoms with Gasteiger partial charge in [-0.25, -0.2) is 4.99 Å². The highest BCUT2D eigenvalue weighted by atomic mass is 32.1. The summed E-state index contributed by atoms with van der Waals surface area (Å²) in [5.74, 6) is 4.58. The van der Waals surface area contributed by atoms with Gasteiger partial charge in [0.25, 0.3) is 0 Å². The Balaban J connectivity index is 2.36. The first-order chi connectivity index (χ1) is 17.2. The van der Waals surface area contributed by atoms with Crippen LogP contribution in [-0.2, 0) is 16.7 Å². The van der Waals surface area contributed by atoms with Gasteiger partial charge in [0.2, 0.25) is 0 Å². The van der Waals surface area contributed by atoms with Crippen molar-refractivity contribution in [2.75, 3.05) is 6.54 Å². The van der Waals surface area contributed by atoms with Gasteiger partial charge in [0.05, 0.1) is 11.1 Å². The standard InChI is InChI=1S/C31H45N3OS/c1-11-16-21-34(22(6)13-3)26(10)32-28(18-12-2)23(7)33-35-25(9)31(15-5)20-17-19-29-30(31)27(14-4)24(8)36-29/h4,12,18,22H,2,9,11,13,15-17,19-21H2,1,3,5-8,10H3/b28-18-,32-26?,33-23+/t22-,31+/m0/s1. The molecule has 2 rings (SSSR count). The fourth-order valence-corrected chi connectivity index (χ4v) is 6.34. The minimum absolute atomic E-state index is 0.321. The van der Waals surface area contributed by atoms with Gasteiger partial charge < -0.3 is 9.74 Å². The van der Waals surface area contributed by atoms with Crippen LogP contribution in [0.25, 0.3) is 0 Å². The number of unbranched alkanes of at least 4 members (excludes halogenated alkanes) is 1. The maximum atomic E-state index is 6.08. The Bertz CT molecular complexity index is 1070. The molecule has 0 fully saturated rings. The Labute approximate surface area is 223 Å². The molecule has 0 bridgehead atoms. The molecule has 1 heterocycles. The molecule has 0 aromatic carbocycles. The molecule has 1 aliphatic carbocycles. The first-order valence-corrected chi connectivity index (χ1v) is 14.2. The van der Waals surface area contributed by atoms with E-state index in [4.69, 9.17) is 16.3 Å². The molecular formula is C31H45N3OS. The topological polar surface area (TPSA) is 37.2 Å². The van der Waals surface area contributed by atoms with Gasteiger partial charge in [0.1, 0.15) is 17.3 Å². The number of terminal acetylenes is 1. The largest absolute Gasteiger partial charge is 0.361 e. The molecule has 0 radical (unpaired) electrons. The third-order valence-corrected chi connectivity index (χ3v) is 8.60. The average Bonchev–Trinajstić information content (AvgIpc) is 3.21. The molecule has 5 heteroatoms. The maximum Gasteiger partial charge on any atom is 0.138 e. The predicted molar refractivity (Wildman–Crippen MR) is 158 cm³/mol. The summed E-state index contributed by atoms with van der Waals surface area (Å²) in [4.78, 5) is 16.0. The fourth-order valence-electron chi connectivity index (χ4n) is 5.06. The van der Waals surface area contributed by atoms with Crippen LogP contribution in [0.3, 0.4) is 0 Å². The molecule has 0 aliphatic heterocycles. The molecule has 0 spiro atoms. The second kappa shape index (κ2) is 13.7. The van der Waals surface area contributed by atoms with Crippen LogP contribution in [0.5, 0.6) is 0 Å². The lowest BCUT2D eigenvalue weighted by atomic mass is 9.68. The van der Waals surface area contributed by atoms with Crippen LogP contribution < -0.4 is 0 Å². The molecule has 0 unspecified atom stereocenters. The summed E-state index contributed by atoms with van der Waals surface area (Å²) in [6.45, 7) is 24.2. The first kappa shape index (κ1) is 29.6. The van der Waals surface area contributed by atoms with Gasteiger partial charge in [-0.2, -0.15) is 0 Å². The van der Waals surface area contributed by atoms with Crippen LogP contribution in [-0.4, -0.2) is 29.0 Å². The zero-order valence-electron chi connectivity index (χ0n) is 23.5. The van der Waals surface area contributed by atoms with Gasteiger partial charge in [-0.15, -0.1) is 17.8 Å². The van der Waals surface area contributed by atoms with Gasteiger partial charge in [-0.3, -0.25) is 0 Å². The Morgan fingerprint density at radius 1 is 1.33 bits per heavy atom. The predicted octanol–water partition coefficient (Wildman–Crippen LogP) is 8.32. The summed E-state index contributed by atoms with van der Waals surface area (Å²) >= 11 is 1.81. The molecule has 0 N–H and O–H groups in total. The van der Waals surface area contributed by atoms with Crippen LogP contribution in [0.4, 0.5) is 0 Å². The minimum atomic E-state index is -0.321. The number of aliphatic imine (C=N–C) groups is 1. The van der Waals surface area contributed by atoms with Crippen molar-refractivity contribution in [3.63, 3.8) is 0 Å². The van der Waals surface area contributed by atoms with Gasteiger partial charge in [0.15, 0.2) is 0 Å². The molecule has 1 aliphatic rings. The molecule has 0 amide bonds. The normalized spacial score (nSPS) is 19.3. The van der Waals surface area contributed by atoms with Crippen molar-refractivity contribution in [1.29, 1.82) is 0 Å². The Morgan fingerprint density at radius 2 is 2.06 bits per heavy atom. The number of amidine groups is 1. The molecule has 1 aromatic heterocycles. The van der Waals surface area contributed by atoms with Crippen molar-refractivity contribution in [2.45, 2.75) is 105 Å². The molecule has 196 valence electrons. The highest BCUT2D eigenvalue weighted by Crippen LogP contribution is 2.50. The zero-order chi connectivity index (χ0) is 26.9. The summed E-state index contributed by atoms with van der Waals surface area (Å²) in [5.41, 5.74) is 3.35. The van der Waals surface area contributed by atoms with Crippen LogP contribution in [0.15, 0.2) is 46.9 Å². The van der Waals surface area contributed by atoms with Crippen molar-refractivity contribution in [3.8, 4) is 12.3 Å². The number of thiophene rings is 1. The van der Waals surface area contributed by atoms with Crippen LogP contribution in [0.2, 0.25) is 0 Å². The molecule has 36 heavy (non-hydrogen) atoms. The lowest BCUT2D eigenvalue weighted by molar-refractivity contribution is 0.159. The van der Waals surface area contributed by atoms with E-state index in [0.717, 1.165) is 68.6 Å². The summed E-state index contributed by atoms with van der Waals surface area (Å²) in [6, 6.07) is 0.419. The number of allylic oxidation sites excluding steroid dienone is 4. The second-order valence-electron chi connectivity index (χ2n) is 9.71. The number of fused-ring (bicyclic) bond motifs is 1. The fraction of sp³-hybridized carbons (Fsp3) is 0.548. The molecule has 0 saturated carbocycles. The zero-order valence-corrected chi connectivity index (χ0v) is 24.4. The van der Waals surface area contributed by atoms with Crippen LogP contribution in [0, 0.1) is 19.3 Å². The average molecular weight is 508 g/mol. The summed E-state index contributed by atoms with van der Waals surface area (Å²) in [5, 5.41) is 4.51. The van der Waals surface area contributed by atoms with E-state index in [0.29, 0.717) is 17.5 Å². The minimum Gasteiger partial charge on any atom is -0.361 e. The van der Waals surface area contributed by atoms with Crippen molar-refractivity contribution in [2.24, 2.45) is 10.1 Å². The van der Waals surface area contributed by atoms with E-state index in [9.17, 15) is 0 Å². The third kappa shape index (κ3) is 6.40. The molecule has 4 nitrogen and oxygen atoms in total. The van der Waals surface area contributed by atoms with Crippen LogP contribution in [0.1, 0.15) is 101 Å². The van der Waals surface area contributed by atoms with Crippen molar-refractivity contribution >= 4 is 22.9 Å². The van der Waals surface area contributed by atoms with E-state index >= 15 is 0 Å². The van der Waals surface area contributed by atoms with E-state index in [2.05, 4.69) is 70.7 Å². The van der Waals surface area contributed by atoms with Gasteiger partial charge in [-0.1, -0.05) is 57.5 Å². The first-order valence-electron chi connectivity index (χ1n) is 13.4. The highest BCUT2D eigenvalue weighted by Gasteiger charge is 2.43. The highest BCUT2D eigenvalue weighted by molar-refractivity contribution is 7.12. The van der Waals surface area contributed by atoms with Crippen molar-refractivity contribution in [3.05, 3.63) is 57.6 Å². The monoisotopic (exact) mass is 507 g/mol. The Morgan fingerprint density at radius 3 is 2.64 bits per heavy atom. The summed E-state index contributed by atoms with van der Waals surface area (Å²) < 4.78 is 0. The molecular weight excluding hydrogens is 462 g/mol. The maximum absolute atomic E-state index is 6.08. The quantitative estimate of drug-likeness (QED) is 0.0712. The molecule has 1 aromatic rings. The second-order valence-corrected chi connectivity index (χ2v) is 11.0. The van der Waals surface area contributed by atoms with Gasteiger partial charge >= 0.3 is 0 Å². The van der Waals surface area contributed by atoms with E-state index in [1.54, 1.807) is 6.08 Å².